The minimum absolute atomic E-state index is 0.0739. The highest BCUT2D eigenvalue weighted by molar-refractivity contribution is 5.77. The molecule has 2 atom stereocenters. The first kappa shape index (κ1) is 16.8. The summed E-state index contributed by atoms with van der Waals surface area (Å²) in [7, 11) is 0. The molecule has 0 spiro atoms. The van der Waals surface area contributed by atoms with Crippen LogP contribution in [0.15, 0.2) is 30.3 Å². The number of carbonyl (C=O) groups is 2. The summed E-state index contributed by atoms with van der Waals surface area (Å²) in [5.41, 5.74) is 0.936. The van der Waals surface area contributed by atoms with E-state index in [1.807, 2.05) is 30.3 Å². The van der Waals surface area contributed by atoms with E-state index in [2.05, 4.69) is 0 Å². The Morgan fingerprint density at radius 3 is 2.75 bits per heavy atom. The quantitative estimate of drug-likeness (QED) is 0.916. The van der Waals surface area contributed by atoms with Crippen LogP contribution in [0.1, 0.15) is 31.2 Å². The molecule has 2 aliphatic rings. The number of rotatable bonds is 3. The Balaban J connectivity index is 1.58. The summed E-state index contributed by atoms with van der Waals surface area (Å²) in [5, 5.41) is 10.3. The summed E-state index contributed by atoms with van der Waals surface area (Å²) in [6.07, 6.45) is 1.88. The average Bonchev–Trinajstić information content (AvgIpc) is 2.62. The van der Waals surface area contributed by atoms with Gasteiger partial charge in [-0.3, -0.25) is 4.79 Å². The standard InChI is InChI=1S/C18H24N2O4/c21-16-9-11-19(12-15(16)20-10-5-4-8-17(20)22)18(23)24-13-14-6-2-1-3-7-14/h1-3,6-7,15-16,21H,4-5,8-13H2/t15-,16-/m0/s1. The molecule has 0 radical (unpaired) electrons. The number of nitrogens with zero attached hydrogens (tertiary/aromatic N) is 2. The van der Waals surface area contributed by atoms with Gasteiger partial charge in [-0.15, -0.1) is 0 Å². The fourth-order valence-electron chi connectivity index (χ4n) is 3.38. The molecule has 2 heterocycles. The second-order valence-electron chi connectivity index (χ2n) is 6.45. The lowest BCUT2D eigenvalue weighted by molar-refractivity contribution is -0.140. The van der Waals surface area contributed by atoms with Crippen LogP contribution in [-0.2, 0) is 16.1 Å². The number of likely N-dealkylation sites (tertiary alicyclic amines) is 2. The average molecular weight is 332 g/mol. The van der Waals surface area contributed by atoms with Gasteiger partial charge in [0.2, 0.25) is 5.91 Å². The first-order chi connectivity index (χ1) is 11.6. The number of hydrogen-bond donors (Lipinski definition) is 1. The van der Waals surface area contributed by atoms with Crippen molar-refractivity contribution in [2.45, 2.75) is 44.4 Å². The van der Waals surface area contributed by atoms with Gasteiger partial charge in [0, 0.05) is 26.1 Å². The topological polar surface area (TPSA) is 70.1 Å². The SMILES string of the molecule is O=C(OCc1ccccc1)N1CC[C@H](O)[C@@H](N2CCCCC2=O)C1. The van der Waals surface area contributed by atoms with E-state index in [0.717, 1.165) is 18.4 Å². The zero-order valence-corrected chi connectivity index (χ0v) is 13.8. The molecule has 1 aromatic rings. The van der Waals surface area contributed by atoms with E-state index in [1.165, 1.54) is 0 Å². The van der Waals surface area contributed by atoms with Gasteiger partial charge in [-0.25, -0.2) is 4.79 Å². The van der Waals surface area contributed by atoms with E-state index in [9.17, 15) is 14.7 Å². The van der Waals surface area contributed by atoms with Gasteiger partial charge in [0.05, 0.1) is 12.1 Å². The van der Waals surface area contributed by atoms with Crippen molar-refractivity contribution in [3.63, 3.8) is 0 Å². The third-order valence-corrected chi connectivity index (χ3v) is 4.77. The third-order valence-electron chi connectivity index (χ3n) is 4.77. The van der Waals surface area contributed by atoms with Gasteiger partial charge in [0.1, 0.15) is 6.61 Å². The van der Waals surface area contributed by atoms with Crippen molar-refractivity contribution in [3.05, 3.63) is 35.9 Å². The molecule has 2 saturated heterocycles. The van der Waals surface area contributed by atoms with Crippen LogP contribution in [0, 0.1) is 0 Å². The lowest BCUT2D eigenvalue weighted by Gasteiger charge is -2.43. The van der Waals surface area contributed by atoms with E-state index in [0.29, 0.717) is 32.5 Å². The van der Waals surface area contributed by atoms with Crippen molar-refractivity contribution in [2.24, 2.45) is 0 Å². The van der Waals surface area contributed by atoms with E-state index < -0.39 is 6.10 Å². The normalized spacial score (nSPS) is 24.8. The van der Waals surface area contributed by atoms with Crippen molar-refractivity contribution in [1.29, 1.82) is 0 Å². The van der Waals surface area contributed by atoms with Gasteiger partial charge in [0.15, 0.2) is 0 Å². The Morgan fingerprint density at radius 1 is 1.21 bits per heavy atom. The van der Waals surface area contributed by atoms with Gasteiger partial charge < -0.3 is 19.6 Å². The van der Waals surface area contributed by atoms with Crippen molar-refractivity contribution in [3.8, 4) is 0 Å². The number of aliphatic hydroxyl groups excluding tert-OH is 1. The first-order valence-corrected chi connectivity index (χ1v) is 8.58. The third kappa shape index (κ3) is 3.87. The van der Waals surface area contributed by atoms with Crippen LogP contribution in [0.5, 0.6) is 0 Å². The van der Waals surface area contributed by atoms with E-state index in [-0.39, 0.29) is 24.6 Å². The molecule has 1 aromatic carbocycles. The molecule has 6 nitrogen and oxygen atoms in total. The number of hydrogen-bond acceptors (Lipinski definition) is 4. The lowest BCUT2D eigenvalue weighted by Crippen LogP contribution is -2.58. The smallest absolute Gasteiger partial charge is 0.410 e. The lowest BCUT2D eigenvalue weighted by atomic mass is 9.98. The molecule has 0 saturated carbocycles. The van der Waals surface area contributed by atoms with Gasteiger partial charge in [-0.1, -0.05) is 30.3 Å². The molecule has 1 N–H and O–H groups in total. The summed E-state index contributed by atoms with van der Waals surface area (Å²) in [6.45, 7) is 1.67. The van der Waals surface area contributed by atoms with Crippen LogP contribution < -0.4 is 0 Å². The van der Waals surface area contributed by atoms with Gasteiger partial charge >= 0.3 is 6.09 Å². The fraction of sp³-hybridized carbons (Fsp3) is 0.556. The van der Waals surface area contributed by atoms with E-state index >= 15 is 0 Å². The Labute approximate surface area is 142 Å². The largest absolute Gasteiger partial charge is 0.445 e. The Bertz CT molecular complexity index is 578. The van der Waals surface area contributed by atoms with Crippen LogP contribution in [0.4, 0.5) is 4.79 Å². The van der Waals surface area contributed by atoms with Gasteiger partial charge in [-0.05, 0) is 24.8 Å². The molecule has 2 aliphatic heterocycles. The van der Waals surface area contributed by atoms with E-state index in [4.69, 9.17) is 4.74 Å². The van der Waals surface area contributed by atoms with Crippen LogP contribution in [0.2, 0.25) is 0 Å². The predicted octanol–water partition coefficient (Wildman–Crippen LogP) is 1.77. The predicted molar refractivity (Wildman–Crippen MR) is 88.2 cm³/mol. The zero-order chi connectivity index (χ0) is 16.9. The second-order valence-corrected chi connectivity index (χ2v) is 6.45. The zero-order valence-electron chi connectivity index (χ0n) is 13.8. The van der Waals surface area contributed by atoms with Crippen molar-refractivity contribution in [1.82, 2.24) is 9.80 Å². The van der Waals surface area contributed by atoms with Crippen LogP contribution in [0.25, 0.3) is 0 Å². The van der Waals surface area contributed by atoms with Crippen molar-refractivity contribution >= 4 is 12.0 Å². The first-order valence-electron chi connectivity index (χ1n) is 8.58. The summed E-state index contributed by atoms with van der Waals surface area (Å²) in [4.78, 5) is 27.8. The van der Waals surface area contributed by atoms with Crippen molar-refractivity contribution < 1.29 is 19.4 Å². The molecular weight excluding hydrogens is 308 g/mol. The molecule has 0 aromatic heterocycles. The fourth-order valence-corrected chi connectivity index (χ4v) is 3.38. The molecule has 24 heavy (non-hydrogen) atoms. The summed E-state index contributed by atoms with van der Waals surface area (Å²) >= 11 is 0. The van der Waals surface area contributed by atoms with Crippen LogP contribution in [0.3, 0.4) is 0 Å². The highest BCUT2D eigenvalue weighted by Gasteiger charge is 2.37. The molecule has 0 unspecified atom stereocenters. The van der Waals surface area contributed by atoms with Gasteiger partial charge in [0.25, 0.3) is 0 Å². The maximum atomic E-state index is 12.3. The number of carbonyl (C=O) groups excluding carboxylic acids is 2. The Morgan fingerprint density at radius 2 is 2.00 bits per heavy atom. The molecule has 130 valence electrons. The number of benzene rings is 1. The van der Waals surface area contributed by atoms with E-state index in [1.54, 1.807) is 9.80 Å². The maximum Gasteiger partial charge on any atom is 0.410 e. The summed E-state index contributed by atoms with van der Waals surface area (Å²) in [5.74, 6) is 0.0739. The number of piperidine rings is 2. The van der Waals surface area contributed by atoms with Crippen LogP contribution >= 0.6 is 0 Å². The number of amides is 2. The van der Waals surface area contributed by atoms with Gasteiger partial charge in [-0.2, -0.15) is 0 Å². The Hall–Kier alpha value is -2.08. The Kier molecular flexibility index (Phi) is 5.35. The highest BCUT2D eigenvalue weighted by atomic mass is 16.6. The van der Waals surface area contributed by atoms with Crippen molar-refractivity contribution in [2.75, 3.05) is 19.6 Å². The highest BCUT2D eigenvalue weighted by Crippen LogP contribution is 2.22. The molecular formula is C18H24N2O4. The second kappa shape index (κ2) is 7.66. The molecule has 2 amide bonds. The number of ether oxygens (including phenoxy) is 1. The van der Waals surface area contributed by atoms with Crippen LogP contribution in [-0.4, -0.2) is 58.7 Å². The minimum Gasteiger partial charge on any atom is -0.445 e. The summed E-state index contributed by atoms with van der Waals surface area (Å²) < 4.78 is 5.37. The summed E-state index contributed by atoms with van der Waals surface area (Å²) in [6, 6.07) is 9.20. The monoisotopic (exact) mass is 332 g/mol. The molecule has 2 fully saturated rings. The maximum absolute atomic E-state index is 12.3. The molecule has 0 bridgehead atoms. The number of aliphatic hydroxyl groups is 1. The minimum atomic E-state index is -0.578. The molecule has 6 heteroatoms. The molecule has 0 aliphatic carbocycles. The molecule has 3 rings (SSSR count).